The Balaban J connectivity index is 2.42. The minimum absolute atomic E-state index is 0.0169. The molecule has 0 amide bonds. The van der Waals surface area contributed by atoms with Crippen molar-refractivity contribution in [2.75, 3.05) is 6.61 Å². The lowest BCUT2D eigenvalue weighted by molar-refractivity contribution is -0.385. The van der Waals surface area contributed by atoms with Crippen molar-refractivity contribution in [1.82, 2.24) is 0 Å². The van der Waals surface area contributed by atoms with E-state index >= 15 is 0 Å². The molecule has 7 nitrogen and oxygen atoms in total. The van der Waals surface area contributed by atoms with Gasteiger partial charge in [-0.05, 0) is 25.3 Å². The normalized spacial score (nSPS) is 10.1. The summed E-state index contributed by atoms with van der Waals surface area (Å²) in [5, 5.41) is 28.4. The number of hydrogen-bond donors (Lipinski definition) is 2. The van der Waals surface area contributed by atoms with Crippen molar-refractivity contribution in [2.45, 2.75) is 25.7 Å². The minimum atomic E-state index is -0.843. The highest BCUT2D eigenvalue weighted by Gasteiger charge is 2.15. The van der Waals surface area contributed by atoms with Crippen molar-refractivity contribution in [3.8, 4) is 11.5 Å². The molecule has 19 heavy (non-hydrogen) atoms. The van der Waals surface area contributed by atoms with Crippen molar-refractivity contribution < 1.29 is 24.7 Å². The summed E-state index contributed by atoms with van der Waals surface area (Å²) < 4.78 is 5.24. The predicted molar refractivity (Wildman–Crippen MR) is 66.4 cm³/mol. The van der Waals surface area contributed by atoms with Crippen LogP contribution in [-0.2, 0) is 4.79 Å². The van der Waals surface area contributed by atoms with Crippen molar-refractivity contribution >= 4 is 11.7 Å². The fraction of sp³-hybridized carbons (Fsp3) is 0.417. The molecule has 0 unspecified atom stereocenters. The van der Waals surface area contributed by atoms with Gasteiger partial charge < -0.3 is 14.9 Å². The van der Waals surface area contributed by atoms with E-state index in [4.69, 9.17) is 9.84 Å². The van der Waals surface area contributed by atoms with Crippen LogP contribution in [0.4, 0.5) is 5.69 Å². The molecule has 2 N–H and O–H groups in total. The van der Waals surface area contributed by atoms with Gasteiger partial charge in [-0.3, -0.25) is 14.9 Å². The Morgan fingerprint density at radius 2 is 2.05 bits per heavy atom. The zero-order valence-corrected chi connectivity index (χ0v) is 10.2. The second-order valence-corrected chi connectivity index (χ2v) is 3.96. The van der Waals surface area contributed by atoms with Gasteiger partial charge in [0.2, 0.25) is 5.75 Å². The van der Waals surface area contributed by atoms with Crippen LogP contribution in [0.5, 0.6) is 11.5 Å². The number of phenolic OH excluding ortho intramolecular Hbond substituents is 1. The van der Waals surface area contributed by atoms with Crippen LogP contribution in [0.1, 0.15) is 25.7 Å². The van der Waals surface area contributed by atoms with E-state index in [1.54, 1.807) is 0 Å². The first-order valence-corrected chi connectivity index (χ1v) is 5.82. The molecule has 0 aliphatic carbocycles. The lowest BCUT2D eigenvalue weighted by Crippen LogP contribution is -2.01. The number of nitro benzene ring substituents is 1. The number of carbonyl (C=O) groups is 1. The van der Waals surface area contributed by atoms with Crippen LogP contribution < -0.4 is 4.74 Å². The van der Waals surface area contributed by atoms with E-state index in [1.807, 2.05) is 0 Å². The Morgan fingerprint density at radius 3 is 2.68 bits per heavy atom. The van der Waals surface area contributed by atoms with Crippen molar-refractivity contribution in [3.05, 3.63) is 28.3 Å². The van der Waals surface area contributed by atoms with E-state index in [0.717, 1.165) is 0 Å². The van der Waals surface area contributed by atoms with Gasteiger partial charge in [-0.2, -0.15) is 0 Å². The lowest BCUT2D eigenvalue weighted by Gasteiger charge is -2.06. The summed E-state index contributed by atoms with van der Waals surface area (Å²) in [5.41, 5.74) is -0.205. The number of rotatable bonds is 8. The summed E-state index contributed by atoms with van der Waals surface area (Å²) in [4.78, 5) is 20.4. The summed E-state index contributed by atoms with van der Waals surface area (Å²) in [6.07, 6.45) is 1.91. The highest BCUT2D eigenvalue weighted by Crippen LogP contribution is 2.30. The molecule has 0 fully saturated rings. The molecule has 104 valence electrons. The number of aromatic hydroxyl groups is 1. The first-order valence-electron chi connectivity index (χ1n) is 5.82. The largest absolute Gasteiger partial charge is 0.508 e. The molecule has 0 bridgehead atoms. The van der Waals surface area contributed by atoms with Gasteiger partial charge in [-0.1, -0.05) is 0 Å². The Hall–Kier alpha value is -2.31. The summed E-state index contributed by atoms with van der Waals surface area (Å²) in [5.74, 6) is -0.931. The van der Waals surface area contributed by atoms with Gasteiger partial charge in [0.15, 0.2) is 0 Å². The first kappa shape index (κ1) is 14.7. The fourth-order valence-electron chi connectivity index (χ4n) is 1.51. The molecule has 0 atom stereocenters. The van der Waals surface area contributed by atoms with E-state index < -0.39 is 10.9 Å². The van der Waals surface area contributed by atoms with E-state index in [9.17, 15) is 20.0 Å². The number of hydrogen-bond acceptors (Lipinski definition) is 5. The maximum absolute atomic E-state index is 10.7. The maximum atomic E-state index is 10.7. The lowest BCUT2D eigenvalue weighted by atomic mass is 10.2. The number of ether oxygens (including phenoxy) is 1. The zero-order valence-electron chi connectivity index (χ0n) is 10.2. The number of phenols is 1. The van der Waals surface area contributed by atoms with Crippen molar-refractivity contribution in [2.24, 2.45) is 0 Å². The van der Waals surface area contributed by atoms with E-state index in [1.165, 1.54) is 18.2 Å². The molecule has 0 aliphatic rings. The third-order valence-electron chi connectivity index (χ3n) is 2.43. The molecular weight excluding hydrogens is 254 g/mol. The van der Waals surface area contributed by atoms with Crippen LogP contribution in [0.25, 0.3) is 0 Å². The van der Waals surface area contributed by atoms with Crippen LogP contribution >= 0.6 is 0 Å². The van der Waals surface area contributed by atoms with E-state index in [2.05, 4.69) is 0 Å². The fourth-order valence-corrected chi connectivity index (χ4v) is 1.51. The van der Waals surface area contributed by atoms with Gasteiger partial charge in [-0.15, -0.1) is 0 Å². The van der Waals surface area contributed by atoms with Crippen molar-refractivity contribution in [3.63, 3.8) is 0 Å². The molecule has 7 heteroatoms. The molecule has 0 radical (unpaired) electrons. The van der Waals surface area contributed by atoms with Crippen LogP contribution in [0.3, 0.4) is 0 Å². The molecule has 1 rings (SSSR count). The number of nitrogens with zero attached hydrogens (tertiary/aromatic N) is 1. The number of carboxylic acids is 1. The minimum Gasteiger partial charge on any atom is -0.508 e. The standard InChI is InChI=1S/C12H15NO6/c14-9-5-6-10(13(17)18)11(8-9)19-7-3-1-2-4-12(15)16/h5-6,8,14H,1-4,7H2,(H,15,16). The molecular formula is C12H15NO6. The first-order chi connectivity index (χ1) is 9.00. The highest BCUT2D eigenvalue weighted by atomic mass is 16.6. The highest BCUT2D eigenvalue weighted by molar-refractivity contribution is 5.66. The van der Waals surface area contributed by atoms with Crippen LogP contribution in [0.2, 0.25) is 0 Å². The smallest absolute Gasteiger partial charge is 0.311 e. The van der Waals surface area contributed by atoms with Gasteiger partial charge in [0.05, 0.1) is 11.5 Å². The molecule has 1 aromatic carbocycles. The van der Waals surface area contributed by atoms with Crippen LogP contribution in [0.15, 0.2) is 18.2 Å². The maximum Gasteiger partial charge on any atom is 0.311 e. The van der Waals surface area contributed by atoms with Crippen LogP contribution in [0, 0.1) is 10.1 Å². The van der Waals surface area contributed by atoms with Crippen LogP contribution in [-0.4, -0.2) is 27.7 Å². The Labute approximate surface area is 109 Å². The van der Waals surface area contributed by atoms with Gasteiger partial charge in [0.25, 0.3) is 0 Å². The third-order valence-corrected chi connectivity index (χ3v) is 2.43. The van der Waals surface area contributed by atoms with Crippen molar-refractivity contribution in [1.29, 1.82) is 0 Å². The Bertz CT molecular complexity index is 460. The molecule has 1 aromatic rings. The number of benzene rings is 1. The number of aliphatic carboxylic acids is 1. The number of nitro groups is 1. The molecule has 0 aliphatic heterocycles. The predicted octanol–water partition coefficient (Wildman–Crippen LogP) is 2.32. The molecule has 0 saturated carbocycles. The Kier molecular flexibility index (Phi) is 5.59. The van der Waals surface area contributed by atoms with Gasteiger partial charge in [0, 0.05) is 18.6 Å². The van der Waals surface area contributed by atoms with E-state index in [0.29, 0.717) is 19.3 Å². The quantitative estimate of drug-likeness (QED) is 0.425. The monoisotopic (exact) mass is 269 g/mol. The summed E-state index contributed by atoms with van der Waals surface area (Å²) in [6.45, 7) is 0.240. The number of carboxylic acid groups (broad SMARTS) is 1. The third kappa shape index (κ3) is 5.24. The Morgan fingerprint density at radius 1 is 1.32 bits per heavy atom. The van der Waals surface area contributed by atoms with E-state index in [-0.39, 0.29) is 30.2 Å². The molecule has 0 aromatic heterocycles. The van der Waals surface area contributed by atoms with Gasteiger partial charge in [0.1, 0.15) is 5.75 Å². The summed E-state index contributed by atoms with van der Waals surface area (Å²) in [6, 6.07) is 3.59. The number of unbranched alkanes of at least 4 members (excludes halogenated alkanes) is 2. The topological polar surface area (TPSA) is 110 Å². The zero-order chi connectivity index (χ0) is 14.3. The average Bonchev–Trinajstić information content (AvgIpc) is 2.33. The summed E-state index contributed by atoms with van der Waals surface area (Å²) >= 11 is 0. The van der Waals surface area contributed by atoms with Gasteiger partial charge in [-0.25, -0.2) is 0 Å². The molecule has 0 spiro atoms. The molecule has 0 saturated heterocycles. The van der Waals surface area contributed by atoms with Gasteiger partial charge >= 0.3 is 11.7 Å². The SMILES string of the molecule is O=C(O)CCCCCOc1cc(O)ccc1[N+](=O)[O-]. The second-order valence-electron chi connectivity index (χ2n) is 3.96. The average molecular weight is 269 g/mol. The summed E-state index contributed by atoms with van der Waals surface area (Å²) in [7, 11) is 0. The second kappa shape index (κ2) is 7.20. The molecule has 0 heterocycles.